The molecule has 0 saturated heterocycles. The van der Waals surface area contributed by atoms with E-state index in [0.717, 1.165) is 11.5 Å². The third-order valence-corrected chi connectivity index (χ3v) is 5.42. The summed E-state index contributed by atoms with van der Waals surface area (Å²) >= 11 is 0. The van der Waals surface area contributed by atoms with E-state index in [1.54, 1.807) is 54.0 Å². The second kappa shape index (κ2) is 9.24. The van der Waals surface area contributed by atoms with Crippen LogP contribution in [0.3, 0.4) is 0 Å². The highest BCUT2D eigenvalue weighted by Crippen LogP contribution is 2.25. The van der Waals surface area contributed by atoms with Crippen molar-refractivity contribution in [2.75, 3.05) is 6.61 Å². The molecule has 0 fully saturated rings. The minimum absolute atomic E-state index is 0.122. The van der Waals surface area contributed by atoms with E-state index < -0.39 is 17.6 Å². The highest BCUT2D eigenvalue weighted by Gasteiger charge is 2.17. The molecule has 0 saturated carbocycles. The first-order chi connectivity index (χ1) is 15.8. The van der Waals surface area contributed by atoms with Gasteiger partial charge < -0.3 is 9.84 Å². The topological polar surface area (TPSA) is 68.5 Å². The summed E-state index contributed by atoms with van der Waals surface area (Å²) in [7, 11) is 0. The molecule has 0 atom stereocenters. The maximum atomic E-state index is 13.7. The van der Waals surface area contributed by atoms with E-state index in [0.29, 0.717) is 33.7 Å². The van der Waals surface area contributed by atoms with Gasteiger partial charge in [0.2, 0.25) is 0 Å². The van der Waals surface area contributed by atoms with Crippen molar-refractivity contribution in [2.24, 2.45) is 0 Å². The van der Waals surface area contributed by atoms with Crippen LogP contribution in [0.15, 0.2) is 66.7 Å². The Morgan fingerprint density at radius 1 is 0.970 bits per heavy atom. The van der Waals surface area contributed by atoms with Gasteiger partial charge >= 0.3 is 5.97 Å². The lowest BCUT2D eigenvalue weighted by atomic mass is 10.1. The van der Waals surface area contributed by atoms with Gasteiger partial charge in [0.25, 0.3) is 5.91 Å². The molecule has 168 valence electrons. The van der Waals surface area contributed by atoms with Crippen molar-refractivity contribution in [1.82, 2.24) is 4.57 Å². The Kier molecular flexibility index (Phi) is 6.22. The smallest absolute Gasteiger partial charge is 0.307 e. The summed E-state index contributed by atoms with van der Waals surface area (Å²) in [5, 5.41) is 9.88. The molecular formula is C26H21F2NO4. The van der Waals surface area contributed by atoms with Crippen LogP contribution in [-0.4, -0.2) is 28.2 Å². The van der Waals surface area contributed by atoms with Crippen LogP contribution in [0.5, 0.6) is 5.75 Å². The van der Waals surface area contributed by atoms with Crippen LogP contribution in [-0.2, 0) is 17.6 Å². The van der Waals surface area contributed by atoms with Crippen molar-refractivity contribution in [3.63, 3.8) is 0 Å². The van der Waals surface area contributed by atoms with E-state index in [2.05, 4.69) is 0 Å². The first kappa shape index (κ1) is 22.2. The summed E-state index contributed by atoms with van der Waals surface area (Å²) in [6.07, 6.45) is 0.156. The number of benzene rings is 3. The molecule has 0 aliphatic heterocycles. The number of nitrogens with zero attached hydrogens (tertiary/aromatic N) is 1. The molecule has 0 unspecified atom stereocenters. The van der Waals surface area contributed by atoms with Gasteiger partial charge in [-0.15, -0.1) is 0 Å². The zero-order chi connectivity index (χ0) is 23.5. The molecule has 3 aromatic carbocycles. The molecule has 4 aromatic rings. The van der Waals surface area contributed by atoms with Crippen molar-refractivity contribution in [1.29, 1.82) is 0 Å². The maximum absolute atomic E-state index is 13.7. The molecule has 0 aliphatic rings. The fourth-order valence-electron chi connectivity index (χ4n) is 3.84. The van der Waals surface area contributed by atoms with Gasteiger partial charge in [0.05, 0.1) is 18.5 Å². The summed E-state index contributed by atoms with van der Waals surface area (Å²) in [6.45, 7) is 2.00. The van der Waals surface area contributed by atoms with Gasteiger partial charge in [-0.2, -0.15) is 0 Å². The largest absolute Gasteiger partial charge is 0.493 e. The van der Waals surface area contributed by atoms with E-state index in [1.807, 2.05) is 6.07 Å². The third kappa shape index (κ3) is 4.77. The van der Waals surface area contributed by atoms with Gasteiger partial charge in [-0.3, -0.25) is 14.2 Å². The molecule has 0 amide bonds. The molecule has 0 spiro atoms. The molecule has 1 aromatic heterocycles. The quantitative estimate of drug-likeness (QED) is 0.423. The Morgan fingerprint density at radius 3 is 2.42 bits per heavy atom. The molecule has 0 aliphatic carbocycles. The predicted octanol–water partition coefficient (Wildman–Crippen LogP) is 5.17. The van der Waals surface area contributed by atoms with Crippen molar-refractivity contribution >= 4 is 22.8 Å². The Hall–Kier alpha value is -4.00. The lowest BCUT2D eigenvalue weighted by Gasteiger charge is -2.10. The lowest BCUT2D eigenvalue weighted by molar-refractivity contribution is -0.136. The number of hydrogen-bond donors (Lipinski definition) is 1. The molecule has 7 heteroatoms. The molecule has 1 N–H and O–H groups in total. The average Bonchev–Trinajstić information content (AvgIpc) is 3.12. The van der Waals surface area contributed by atoms with Crippen LogP contribution in [0.2, 0.25) is 0 Å². The van der Waals surface area contributed by atoms with Gasteiger partial charge in [0.15, 0.2) is 0 Å². The Balaban J connectivity index is 1.49. The normalized spacial score (nSPS) is 11.0. The highest BCUT2D eigenvalue weighted by molar-refractivity contribution is 6.04. The molecule has 0 radical (unpaired) electrons. The van der Waals surface area contributed by atoms with Gasteiger partial charge in [-0.05, 0) is 60.5 Å². The molecule has 0 bridgehead atoms. The fourth-order valence-corrected chi connectivity index (χ4v) is 3.84. The van der Waals surface area contributed by atoms with Gasteiger partial charge in [-0.1, -0.05) is 18.2 Å². The monoisotopic (exact) mass is 449 g/mol. The SMILES string of the molecule is Cc1cc2c(CC(=O)O)cccc2n1C(=O)c1ccc(OCCc2ccc(F)cc2F)cc1. The summed E-state index contributed by atoms with van der Waals surface area (Å²) in [6, 6.07) is 17.1. The second-order valence-corrected chi connectivity index (χ2v) is 7.71. The van der Waals surface area contributed by atoms with E-state index in [4.69, 9.17) is 9.84 Å². The zero-order valence-electron chi connectivity index (χ0n) is 17.8. The van der Waals surface area contributed by atoms with E-state index in [9.17, 15) is 18.4 Å². The zero-order valence-corrected chi connectivity index (χ0v) is 17.8. The van der Waals surface area contributed by atoms with Crippen LogP contribution < -0.4 is 4.74 Å². The Bertz CT molecular complexity index is 1340. The van der Waals surface area contributed by atoms with Crippen molar-refractivity contribution in [2.45, 2.75) is 19.8 Å². The van der Waals surface area contributed by atoms with Crippen LogP contribution in [0, 0.1) is 18.6 Å². The number of carbonyl (C=O) groups is 2. The number of aromatic nitrogens is 1. The number of fused-ring (bicyclic) bond motifs is 1. The van der Waals surface area contributed by atoms with Crippen molar-refractivity contribution in [3.8, 4) is 5.75 Å². The lowest BCUT2D eigenvalue weighted by Crippen LogP contribution is -2.13. The number of aliphatic carboxylic acids is 1. The minimum Gasteiger partial charge on any atom is -0.493 e. The number of aryl methyl sites for hydroxylation is 1. The predicted molar refractivity (Wildman–Crippen MR) is 120 cm³/mol. The first-order valence-electron chi connectivity index (χ1n) is 10.4. The van der Waals surface area contributed by atoms with E-state index >= 15 is 0 Å². The number of carbonyl (C=O) groups excluding carboxylic acids is 1. The Labute approximate surface area is 188 Å². The van der Waals surface area contributed by atoms with Gasteiger partial charge in [0, 0.05) is 29.1 Å². The molecule has 5 nitrogen and oxygen atoms in total. The number of hydrogen-bond acceptors (Lipinski definition) is 3. The van der Waals surface area contributed by atoms with E-state index in [-0.39, 0.29) is 25.4 Å². The molecule has 4 rings (SSSR count). The van der Waals surface area contributed by atoms with Gasteiger partial charge in [0.1, 0.15) is 17.4 Å². The fraction of sp³-hybridized carbons (Fsp3) is 0.154. The van der Waals surface area contributed by atoms with E-state index in [1.165, 1.54) is 12.1 Å². The summed E-state index contributed by atoms with van der Waals surface area (Å²) in [5.74, 6) is -1.89. The van der Waals surface area contributed by atoms with Crippen LogP contribution >= 0.6 is 0 Å². The summed E-state index contributed by atoms with van der Waals surface area (Å²) in [4.78, 5) is 24.3. The average molecular weight is 449 g/mol. The van der Waals surface area contributed by atoms with Crippen LogP contribution in [0.25, 0.3) is 10.9 Å². The maximum Gasteiger partial charge on any atom is 0.307 e. The highest BCUT2D eigenvalue weighted by atomic mass is 19.1. The number of carboxylic acid groups (broad SMARTS) is 1. The number of carboxylic acids is 1. The minimum atomic E-state index is -0.933. The summed E-state index contributed by atoms with van der Waals surface area (Å²) < 4.78 is 33.9. The van der Waals surface area contributed by atoms with Crippen molar-refractivity contribution in [3.05, 3.63) is 101 Å². The third-order valence-electron chi connectivity index (χ3n) is 5.42. The second-order valence-electron chi connectivity index (χ2n) is 7.71. The van der Waals surface area contributed by atoms with Crippen LogP contribution in [0.4, 0.5) is 8.78 Å². The molecular weight excluding hydrogens is 428 g/mol. The van der Waals surface area contributed by atoms with Gasteiger partial charge in [-0.25, -0.2) is 8.78 Å². The number of ether oxygens (including phenoxy) is 1. The molecule has 33 heavy (non-hydrogen) atoms. The first-order valence-corrected chi connectivity index (χ1v) is 10.4. The molecule has 1 heterocycles. The standard InChI is InChI=1S/C26H21F2NO4/c1-16-13-22-19(14-25(30)31)3-2-4-24(22)29(16)26(32)18-6-9-21(10-7-18)33-12-11-17-5-8-20(27)15-23(17)28/h2-10,13,15H,11-12,14H2,1H3,(H,30,31). The summed E-state index contributed by atoms with van der Waals surface area (Å²) in [5.41, 5.74) is 2.81. The van der Waals surface area contributed by atoms with Crippen LogP contribution in [0.1, 0.15) is 27.2 Å². The number of rotatable bonds is 7. The number of halogens is 2. The Morgan fingerprint density at radius 2 is 1.73 bits per heavy atom. The van der Waals surface area contributed by atoms with Crippen molar-refractivity contribution < 1.29 is 28.2 Å².